The zero-order chi connectivity index (χ0) is 9.14. The van der Waals surface area contributed by atoms with Crippen LogP contribution in [0.3, 0.4) is 0 Å². The summed E-state index contributed by atoms with van der Waals surface area (Å²) in [4.78, 5) is 0. The zero-order valence-corrected chi connectivity index (χ0v) is 6.98. The maximum absolute atomic E-state index is 13.1. The molecule has 0 aliphatic carbocycles. The maximum atomic E-state index is 13.1. The minimum atomic E-state index is -1.60. The number of benzene rings is 1. The quantitative estimate of drug-likeness (QED) is 0.540. The van der Waals surface area contributed by atoms with Crippen molar-refractivity contribution in [3.8, 4) is 0 Å². The third-order valence-electron chi connectivity index (χ3n) is 1.45. The van der Waals surface area contributed by atoms with Crippen LogP contribution in [0.1, 0.15) is 11.7 Å². The predicted molar refractivity (Wildman–Crippen MR) is 47.2 cm³/mol. The van der Waals surface area contributed by atoms with Gasteiger partial charge < -0.3 is 5.73 Å². The summed E-state index contributed by atoms with van der Waals surface area (Å²) in [6.07, 6.45) is -1.60. The predicted octanol–water partition coefficient (Wildman–Crippen LogP) is 2.29. The summed E-state index contributed by atoms with van der Waals surface area (Å²) < 4.78 is 13.1. The van der Waals surface area contributed by atoms with Crippen LogP contribution in [0.5, 0.6) is 0 Å². The van der Waals surface area contributed by atoms with Gasteiger partial charge in [0.2, 0.25) is 0 Å². The first-order valence-corrected chi connectivity index (χ1v) is 3.73. The Hall–Kier alpha value is -1.09. The first-order chi connectivity index (χ1) is 5.63. The highest BCUT2D eigenvalue weighted by Gasteiger charge is 2.15. The molecule has 12 heavy (non-hydrogen) atoms. The Morgan fingerprint density at radius 3 is 2.58 bits per heavy atom. The SMILES string of the molecule is N=C(N)C(F)c1ccccc1Cl. The molecule has 2 nitrogen and oxygen atoms in total. The van der Waals surface area contributed by atoms with Gasteiger partial charge in [-0.05, 0) is 6.07 Å². The molecule has 64 valence electrons. The van der Waals surface area contributed by atoms with E-state index in [2.05, 4.69) is 0 Å². The lowest BCUT2D eigenvalue weighted by atomic mass is 10.1. The Bertz CT molecular complexity index is 301. The minimum absolute atomic E-state index is 0.242. The van der Waals surface area contributed by atoms with Crippen LogP contribution in [0.25, 0.3) is 0 Å². The molecular weight excluding hydrogens is 179 g/mol. The molecule has 0 radical (unpaired) electrons. The second kappa shape index (κ2) is 3.54. The number of alkyl halides is 1. The van der Waals surface area contributed by atoms with Gasteiger partial charge in [-0.2, -0.15) is 0 Å². The van der Waals surface area contributed by atoms with Crippen LogP contribution in [0.4, 0.5) is 4.39 Å². The Labute approximate surface area is 74.7 Å². The lowest BCUT2D eigenvalue weighted by Gasteiger charge is -2.07. The summed E-state index contributed by atoms with van der Waals surface area (Å²) in [7, 11) is 0. The van der Waals surface area contributed by atoms with Gasteiger partial charge in [-0.1, -0.05) is 29.8 Å². The molecule has 4 heteroatoms. The number of nitrogens with two attached hydrogens (primary N) is 1. The van der Waals surface area contributed by atoms with Crippen LogP contribution in [0, 0.1) is 5.41 Å². The van der Waals surface area contributed by atoms with Gasteiger partial charge in [0.1, 0.15) is 5.84 Å². The summed E-state index contributed by atoms with van der Waals surface area (Å²) in [6, 6.07) is 6.41. The molecule has 1 atom stereocenters. The fourth-order valence-electron chi connectivity index (χ4n) is 0.848. The van der Waals surface area contributed by atoms with E-state index in [-0.39, 0.29) is 5.56 Å². The largest absolute Gasteiger partial charge is 0.385 e. The van der Waals surface area contributed by atoms with Crippen LogP contribution in [-0.2, 0) is 0 Å². The van der Waals surface area contributed by atoms with Crippen LogP contribution in [0.15, 0.2) is 24.3 Å². The van der Waals surface area contributed by atoms with Crippen LogP contribution in [0.2, 0.25) is 5.02 Å². The van der Waals surface area contributed by atoms with Gasteiger partial charge in [0.05, 0.1) is 0 Å². The molecule has 0 aliphatic heterocycles. The second-order valence-electron chi connectivity index (χ2n) is 2.34. The number of rotatable bonds is 2. The van der Waals surface area contributed by atoms with Crippen LogP contribution in [-0.4, -0.2) is 5.84 Å². The Morgan fingerprint density at radius 1 is 1.50 bits per heavy atom. The number of halogens is 2. The van der Waals surface area contributed by atoms with E-state index in [1.54, 1.807) is 18.2 Å². The molecule has 0 bridgehead atoms. The van der Waals surface area contributed by atoms with E-state index < -0.39 is 12.0 Å². The van der Waals surface area contributed by atoms with Crippen LogP contribution >= 0.6 is 11.6 Å². The van der Waals surface area contributed by atoms with E-state index in [9.17, 15) is 4.39 Å². The monoisotopic (exact) mass is 186 g/mol. The standard InChI is InChI=1S/C8H8ClFN2/c9-6-4-2-1-3-5(6)7(10)8(11)12/h1-4,7H,(H3,11,12). The zero-order valence-electron chi connectivity index (χ0n) is 6.22. The molecule has 0 saturated carbocycles. The molecule has 0 amide bonds. The highest BCUT2D eigenvalue weighted by atomic mass is 35.5. The molecule has 0 spiro atoms. The lowest BCUT2D eigenvalue weighted by molar-refractivity contribution is 0.435. The normalized spacial score (nSPS) is 12.5. The molecule has 1 rings (SSSR count). The van der Waals surface area contributed by atoms with Gasteiger partial charge in [0.15, 0.2) is 6.17 Å². The number of hydrogen-bond acceptors (Lipinski definition) is 1. The van der Waals surface area contributed by atoms with Crippen LogP contribution < -0.4 is 5.73 Å². The van der Waals surface area contributed by atoms with E-state index >= 15 is 0 Å². The van der Waals surface area contributed by atoms with E-state index in [1.807, 2.05) is 0 Å². The van der Waals surface area contributed by atoms with Crippen molar-refractivity contribution in [3.05, 3.63) is 34.9 Å². The van der Waals surface area contributed by atoms with Gasteiger partial charge in [-0.25, -0.2) is 4.39 Å². The summed E-state index contributed by atoms with van der Waals surface area (Å²) in [5, 5.41) is 7.17. The van der Waals surface area contributed by atoms with Crippen molar-refractivity contribution < 1.29 is 4.39 Å². The average molecular weight is 187 g/mol. The highest BCUT2D eigenvalue weighted by Crippen LogP contribution is 2.24. The fourth-order valence-corrected chi connectivity index (χ4v) is 1.08. The fraction of sp³-hybridized carbons (Fsp3) is 0.125. The highest BCUT2D eigenvalue weighted by molar-refractivity contribution is 6.31. The topological polar surface area (TPSA) is 49.9 Å². The first-order valence-electron chi connectivity index (χ1n) is 3.35. The molecule has 0 heterocycles. The van der Waals surface area contributed by atoms with E-state index in [0.717, 1.165) is 0 Å². The summed E-state index contributed by atoms with van der Waals surface area (Å²) >= 11 is 5.67. The third kappa shape index (κ3) is 1.74. The second-order valence-corrected chi connectivity index (χ2v) is 2.75. The number of nitrogens with one attached hydrogen (secondary N) is 1. The summed E-state index contributed by atoms with van der Waals surface area (Å²) in [6.45, 7) is 0. The molecule has 0 fully saturated rings. The molecule has 1 unspecified atom stereocenters. The Kier molecular flexibility index (Phi) is 2.65. The van der Waals surface area contributed by atoms with E-state index in [0.29, 0.717) is 5.02 Å². The van der Waals surface area contributed by atoms with Crippen molar-refractivity contribution in [2.75, 3.05) is 0 Å². The molecule has 0 aliphatic rings. The molecular formula is C8H8ClFN2. The maximum Gasteiger partial charge on any atom is 0.183 e. The van der Waals surface area contributed by atoms with Gasteiger partial charge in [0.25, 0.3) is 0 Å². The van der Waals surface area contributed by atoms with Crippen molar-refractivity contribution in [1.29, 1.82) is 5.41 Å². The van der Waals surface area contributed by atoms with Gasteiger partial charge in [-0.15, -0.1) is 0 Å². The van der Waals surface area contributed by atoms with Crippen molar-refractivity contribution in [2.24, 2.45) is 5.73 Å². The smallest absolute Gasteiger partial charge is 0.183 e. The Balaban J connectivity index is 3.02. The third-order valence-corrected chi connectivity index (χ3v) is 1.80. The summed E-state index contributed by atoms with van der Waals surface area (Å²) in [5.74, 6) is -0.525. The number of hydrogen-bond donors (Lipinski definition) is 2. The molecule has 1 aromatic carbocycles. The molecule has 1 aromatic rings. The van der Waals surface area contributed by atoms with E-state index in [1.165, 1.54) is 6.07 Å². The van der Waals surface area contributed by atoms with Crippen molar-refractivity contribution in [3.63, 3.8) is 0 Å². The first kappa shape index (κ1) is 9.00. The van der Waals surface area contributed by atoms with Gasteiger partial charge >= 0.3 is 0 Å². The van der Waals surface area contributed by atoms with E-state index in [4.69, 9.17) is 22.7 Å². The lowest BCUT2D eigenvalue weighted by Crippen LogP contribution is -2.17. The van der Waals surface area contributed by atoms with Crippen molar-refractivity contribution >= 4 is 17.4 Å². The molecule has 0 aromatic heterocycles. The summed E-state index contributed by atoms with van der Waals surface area (Å²) in [5.41, 5.74) is 5.23. The minimum Gasteiger partial charge on any atom is -0.385 e. The Morgan fingerprint density at radius 2 is 2.08 bits per heavy atom. The van der Waals surface area contributed by atoms with Crippen molar-refractivity contribution in [1.82, 2.24) is 0 Å². The van der Waals surface area contributed by atoms with Gasteiger partial charge in [0, 0.05) is 10.6 Å². The molecule has 3 N–H and O–H groups in total. The van der Waals surface area contributed by atoms with Gasteiger partial charge in [-0.3, -0.25) is 5.41 Å². The molecule has 0 saturated heterocycles. The van der Waals surface area contributed by atoms with Crippen molar-refractivity contribution in [2.45, 2.75) is 6.17 Å². The average Bonchev–Trinajstić information content (AvgIpc) is 2.04. The number of amidine groups is 1.